The van der Waals surface area contributed by atoms with E-state index in [1.165, 1.54) is 12.1 Å². The summed E-state index contributed by atoms with van der Waals surface area (Å²) >= 11 is 0. The van der Waals surface area contributed by atoms with Crippen LogP contribution in [-0.2, 0) is 22.4 Å². The molecule has 2 aromatic carbocycles. The van der Waals surface area contributed by atoms with Crippen molar-refractivity contribution in [2.45, 2.75) is 32.2 Å². The molecule has 2 atom stereocenters. The summed E-state index contributed by atoms with van der Waals surface area (Å²) in [7, 11) is 3.19. The standard InChI is InChI=1S/C25H29FN2O4/c1-16-21-14-20(26)6-5-18(21)9-11-28(16)25(30)19-13-24(29)27(15-19)10-8-17-4-7-22(31-2)23(12-17)32-3/h4-7,12,14,16,19H,8-11,13,15H2,1-3H3. The van der Waals surface area contributed by atoms with Crippen LogP contribution in [0.4, 0.5) is 4.39 Å². The molecule has 0 bridgehead atoms. The fourth-order valence-corrected chi connectivity index (χ4v) is 4.77. The Morgan fingerprint density at radius 2 is 1.91 bits per heavy atom. The fraction of sp³-hybridized carbons (Fsp3) is 0.440. The molecular formula is C25H29FN2O4. The largest absolute Gasteiger partial charge is 0.493 e. The van der Waals surface area contributed by atoms with Crippen LogP contribution in [0.3, 0.4) is 0 Å². The number of carbonyl (C=O) groups is 2. The minimum Gasteiger partial charge on any atom is -0.493 e. The first-order chi connectivity index (χ1) is 15.4. The van der Waals surface area contributed by atoms with Crippen molar-refractivity contribution in [2.75, 3.05) is 33.9 Å². The van der Waals surface area contributed by atoms with Crippen LogP contribution >= 0.6 is 0 Å². The number of halogens is 1. The lowest BCUT2D eigenvalue weighted by atomic mass is 9.92. The monoisotopic (exact) mass is 440 g/mol. The summed E-state index contributed by atoms with van der Waals surface area (Å²) < 4.78 is 24.4. The van der Waals surface area contributed by atoms with Crippen LogP contribution in [-0.4, -0.2) is 55.5 Å². The number of hydrogen-bond acceptors (Lipinski definition) is 4. The molecule has 2 amide bonds. The molecule has 170 valence electrons. The number of hydrogen-bond donors (Lipinski definition) is 0. The molecule has 0 N–H and O–H groups in total. The molecule has 0 aliphatic carbocycles. The number of carbonyl (C=O) groups excluding carboxylic acids is 2. The number of benzene rings is 2. The maximum absolute atomic E-state index is 13.7. The van der Waals surface area contributed by atoms with Crippen molar-refractivity contribution in [3.8, 4) is 11.5 Å². The molecule has 2 aromatic rings. The Labute approximate surface area is 187 Å². The van der Waals surface area contributed by atoms with Gasteiger partial charge in [0.25, 0.3) is 0 Å². The smallest absolute Gasteiger partial charge is 0.228 e. The van der Waals surface area contributed by atoms with Gasteiger partial charge in [-0.3, -0.25) is 9.59 Å². The Kier molecular flexibility index (Phi) is 6.35. The van der Waals surface area contributed by atoms with Gasteiger partial charge < -0.3 is 19.3 Å². The van der Waals surface area contributed by atoms with Gasteiger partial charge in [-0.05, 0) is 60.7 Å². The summed E-state index contributed by atoms with van der Waals surface area (Å²) in [5.74, 6) is 0.653. The molecular weight excluding hydrogens is 411 g/mol. The summed E-state index contributed by atoms with van der Waals surface area (Å²) in [6.07, 6.45) is 1.60. The second-order valence-electron chi connectivity index (χ2n) is 8.48. The van der Waals surface area contributed by atoms with Crippen molar-refractivity contribution >= 4 is 11.8 Å². The van der Waals surface area contributed by atoms with Gasteiger partial charge in [0.05, 0.1) is 26.2 Å². The molecule has 0 radical (unpaired) electrons. The van der Waals surface area contributed by atoms with Crippen LogP contribution in [0.1, 0.15) is 36.1 Å². The minimum absolute atomic E-state index is 0.0000613. The summed E-state index contributed by atoms with van der Waals surface area (Å²) in [6.45, 7) is 3.49. The van der Waals surface area contributed by atoms with E-state index < -0.39 is 0 Å². The zero-order valence-corrected chi connectivity index (χ0v) is 18.8. The molecule has 1 saturated heterocycles. The van der Waals surface area contributed by atoms with Crippen LogP contribution in [0.2, 0.25) is 0 Å². The van der Waals surface area contributed by atoms with E-state index in [2.05, 4.69) is 0 Å². The van der Waals surface area contributed by atoms with E-state index in [-0.39, 0.29) is 36.0 Å². The van der Waals surface area contributed by atoms with E-state index in [1.54, 1.807) is 30.1 Å². The van der Waals surface area contributed by atoms with Crippen LogP contribution in [0, 0.1) is 11.7 Å². The SMILES string of the molecule is COc1ccc(CCN2CC(C(=O)N3CCc4ccc(F)cc4C3C)CC2=O)cc1OC. The molecule has 7 heteroatoms. The lowest BCUT2D eigenvalue weighted by Crippen LogP contribution is -2.43. The van der Waals surface area contributed by atoms with Crippen molar-refractivity contribution in [2.24, 2.45) is 5.92 Å². The molecule has 2 aliphatic heterocycles. The van der Waals surface area contributed by atoms with Gasteiger partial charge in [0.1, 0.15) is 5.82 Å². The van der Waals surface area contributed by atoms with E-state index >= 15 is 0 Å². The lowest BCUT2D eigenvalue weighted by molar-refractivity contribution is -0.138. The number of fused-ring (bicyclic) bond motifs is 1. The van der Waals surface area contributed by atoms with Crippen LogP contribution in [0.15, 0.2) is 36.4 Å². The number of nitrogens with zero attached hydrogens (tertiary/aromatic N) is 2. The van der Waals surface area contributed by atoms with Crippen molar-refractivity contribution in [3.63, 3.8) is 0 Å². The van der Waals surface area contributed by atoms with Crippen molar-refractivity contribution in [1.82, 2.24) is 9.80 Å². The summed E-state index contributed by atoms with van der Waals surface area (Å²) in [5.41, 5.74) is 2.98. The number of rotatable bonds is 6. The molecule has 0 spiro atoms. The highest BCUT2D eigenvalue weighted by molar-refractivity contribution is 5.89. The third kappa shape index (κ3) is 4.29. The van der Waals surface area contributed by atoms with Gasteiger partial charge in [0.2, 0.25) is 11.8 Å². The molecule has 2 aliphatic rings. The van der Waals surface area contributed by atoms with Gasteiger partial charge >= 0.3 is 0 Å². The first-order valence-corrected chi connectivity index (χ1v) is 11.0. The summed E-state index contributed by atoms with van der Waals surface area (Å²) in [5, 5.41) is 0. The van der Waals surface area contributed by atoms with E-state index in [9.17, 15) is 14.0 Å². The van der Waals surface area contributed by atoms with Crippen LogP contribution in [0.5, 0.6) is 11.5 Å². The van der Waals surface area contributed by atoms with E-state index in [0.29, 0.717) is 44.0 Å². The predicted molar refractivity (Wildman–Crippen MR) is 118 cm³/mol. The lowest BCUT2D eigenvalue weighted by Gasteiger charge is -2.36. The van der Waals surface area contributed by atoms with E-state index in [1.807, 2.05) is 25.1 Å². The zero-order chi connectivity index (χ0) is 22.8. The van der Waals surface area contributed by atoms with Gasteiger partial charge in [-0.15, -0.1) is 0 Å². The second-order valence-corrected chi connectivity index (χ2v) is 8.48. The molecule has 1 fully saturated rings. The zero-order valence-electron chi connectivity index (χ0n) is 18.8. The van der Waals surface area contributed by atoms with E-state index in [0.717, 1.165) is 16.7 Å². The van der Waals surface area contributed by atoms with E-state index in [4.69, 9.17) is 9.47 Å². The third-order valence-electron chi connectivity index (χ3n) is 6.61. The van der Waals surface area contributed by atoms with Crippen molar-refractivity contribution < 1.29 is 23.5 Å². The highest BCUT2D eigenvalue weighted by Crippen LogP contribution is 2.33. The fourth-order valence-electron chi connectivity index (χ4n) is 4.77. The quantitative estimate of drug-likeness (QED) is 0.691. The van der Waals surface area contributed by atoms with Crippen molar-refractivity contribution in [3.05, 3.63) is 58.9 Å². The maximum Gasteiger partial charge on any atom is 0.228 e. The molecule has 6 nitrogen and oxygen atoms in total. The highest BCUT2D eigenvalue weighted by atomic mass is 19.1. The van der Waals surface area contributed by atoms with Gasteiger partial charge in [-0.2, -0.15) is 0 Å². The van der Waals surface area contributed by atoms with Gasteiger partial charge in [-0.1, -0.05) is 12.1 Å². The number of likely N-dealkylation sites (tertiary alicyclic amines) is 1. The normalized spacial score (nSPS) is 20.3. The Balaban J connectivity index is 1.39. The first-order valence-electron chi connectivity index (χ1n) is 11.0. The predicted octanol–water partition coefficient (Wildman–Crippen LogP) is 3.38. The molecule has 32 heavy (non-hydrogen) atoms. The number of ether oxygens (including phenoxy) is 2. The number of amides is 2. The van der Waals surface area contributed by atoms with Gasteiger partial charge in [-0.25, -0.2) is 4.39 Å². The molecule has 0 saturated carbocycles. The third-order valence-corrected chi connectivity index (χ3v) is 6.61. The average molecular weight is 441 g/mol. The average Bonchev–Trinajstić information content (AvgIpc) is 3.18. The van der Waals surface area contributed by atoms with Gasteiger partial charge in [0.15, 0.2) is 11.5 Å². The summed E-state index contributed by atoms with van der Waals surface area (Å²) in [4.78, 5) is 29.4. The van der Waals surface area contributed by atoms with Gasteiger partial charge in [0, 0.05) is 26.1 Å². The second kappa shape index (κ2) is 9.18. The Morgan fingerprint density at radius 1 is 1.12 bits per heavy atom. The first kappa shape index (κ1) is 22.1. The molecule has 4 rings (SSSR count). The maximum atomic E-state index is 13.7. The topological polar surface area (TPSA) is 59.1 Å². The number of methoxy groups -OCH3 is 2. The highest BCUT2D eigenvalue weighted by Gasteiger charge is 2.39. The van der Waals surface area contributed by atoms with Crippen molar-refractivity contribution in [1.29, 1.82) is 0 Å². The molecule has 2 unspecified atom stereocenters. The minimum atomic E-state index is -0.356. The Bertz CT molecular complexity index is 1020. The van der Waals surface area contributed by atoms with Crippen LogP contribution < -0.4 is 9.47 Å². The molecule has 2 heterocycles. The Hall–Kier alpha value is -3.09. The molecule has 0 aromatic heterocycles. The summed E-state index contributed by atoms with van der Waals surface area (Å²) in [6, 6.07) is 10.3. The Morgan fingerprint density at radius 3 is 2.66 bits per heavy atom. The van der Waals surface area contributed by atoms with Crippen LogP contribution in [0.25, 0.3) is 0 Å².